The fourth-order valence-electron chi connectivity index (χ4n) is 1.83. The second-order valence-electron chi connectivity index (χ2n) is 5.20. The fourth-order valence-corrected chi connectivity index (χ4v) is 1.83. The third-order valence-corrected chi connectivity index (χ3v) is 3.29. The van der Waals surface area contributed by atoms with Crippen molar-refractivity contribution in [3.8, 4) is 0 Å². The molecule has 106 valence electrons. The lowest BCUT2D eigenvalue weighted by molar-refractivity contribution is -0.146. The van der Waals surface area contributed by atoms with Crippen molar-refractivity contribution in [1.82, 2.24) is 4.90 Å². The van der Waals surface area contributed by atoms with Crippen LogP contribution in [0.2, 0.25) is 0 Å². The molecule has 0 spiro atoms. The van der Waals surface area contributed by atoms with Gasteiger partial charge in [-0.25, -0.2) is 0 Å². The lowest BCUT2D eigenvalue weighted by Gasteiger charge is -2.25. The van der Waals surface area contributed by atoms with Crippen LogP contribution >= 0.6 is 0 Å². The minimum atomic E-state index is -0.907. The van der Waals surface area contributed by atoms with Gasteiger partial charge in [0.15, 0.2) is 0 Å². The largest absolute Gasteiger partial charge is 0.468 e. The SMILES string of the molecule is COC(=O)C(C)(N)CCN(C)CCc1ccccc1. The molecule has 0 saturated heterocycles. The van der Waals surface area contributed by atoms with Crippen LogP contribution in [0.1, 0.15) is 18.9 Å². The molecule has 1 rings (SSSR count). The number of benzene rings is 1. The number of nitrogens with zero attached hydrogens (tertiary/aromatic N) is 1. The molecule has 19 heavy (non-hydrogen) atoms. The van der Waals surface area contributed by atoms with Gasteiger partial charge in [-0.05, 0) is 32.4 Å². The van der Waals surface area contributed by atoms with Gasteiger partial charge in [-0.3, -0.25) is 4.79 Å². The minimum Gasteiger partial charge on any atom is -0.468 e. The second-order valence-corrected chi connectivity index (χ2v) is 5.20. The molecule has 4 heteroatoms. The second kappa shape index (κ2) is 7.26. The van der Waals surface area contributed by atoms with Crippen molar-refractivity contribution in [3.63, 3.8) is 0 Å². The molecule has 1 aromatic rings. The summed E-state index contributed by atoms with van der Waals surface area (Å²) in [6, 6.07) is 10.3. The summed E-state index contributed by atoms with van der Waals surface area (Å²) in [5.41, 5.74) is 6.34. The van der Waals surface area contributed by atoms with Crippen molar-refractivity contribution in [3.05, 3.63) is 35.9 Å². The molecule has 0 fully saturated rings. The zero-order valence-corrected chi connectivity index (χ0v) is 12.1. The van der Waals surface area contributed by atoms with Crippen LogP contribution in [0.15, 0.2) is 30.3 Å². The van der Waals surface area contributed by atoms with E-state index in [1.165, 1.54) is 12.7 Å². The van der Waals surface area contributed by atoms with Crippen LogP contribution in [0.3, 0.4) is 0 Å². The summed E-state index contributed by atoms with van der Waals surface area (Å²) in [6.45, 7) is 3.43. The van der Waals surface area contributed by atoms with Gasteiger partial charge in [-0.1, -0.05) is 30.3 Å². The molecule has 4 nitrogen and oxygen atoms in total. The summed E-state index contributed by atoms with van der Waals surface area (Å²) in [5, 5.41) is 0. The van der Waals surface area contributed by atoms with E-state index in [9.17, 15) is 4.79 Å². The minimum absolute atomic E-state index is 0.357. The van der Waals surface area contributed by atoms with Crippen molar-refractivity contribution in [2.24, 2.45) is 5.73 Å². The highest BCUT2D eigenvalue weighted by Crippen LogP contribution is 2.09. The lowest BCUT2D eigenvalue weighted by atomic mass is 9.99. The number of nitrogens with two attached hydrogens (primary N) is 1. The topological polar surface area (TPSA) is 55.6 Å². The molecule has 0 bridgehead atoms. The molecule has 0 aliphatic carbocycles. The molecule has 0 radical (unpaired) electrons. The maximum Gasteiger partial charge on any atom is 0.325 e. The summed E-state index contributed by atoms with van der Waals surface area (Å²) in [4.78, 5) is 13.6. The van der Waals surface area contributed by atoms with Gasteiger partial charge in [0, 0.05) is 13.1 Å². The molecule has 1 unspecified atom stereocenters. The van der Waals surface area contributed by atoms with Gasteiger partial charge < -0.3 is 15.4 Å². The van der Waals surface area contributed by atoms with E-state index >= 15 is 0 Å². The number of rotatable bonds is 7. The highest BCUT2D eigenvalue weighted by atomic mass is 16.5. The van der Waals surface area contributed by atoms with E-state index in [1.807, 2.05) is 25.2 Å². The van der Waals surface area contributed by atoms with Gasteiger partial charge in [0.05, 0.1) is 7.11 Å². The number of hydrogen-bond acceptors (Lipinski definition) is 4. The Kier molecular flexibility index (Phi) is 5.99. The van der Waals surface area contributed by atoms with E-state index in [4.69, 9.17) is 10.5 Å². The highest BCUT2D eigenvalue weighted by Gasteiger charge is 2.29. The number of likely N-dealkylation sites (N-methyl/N-ethyl adjacent to an activating group) is 1. The Morgan fingerprint density at radius 2 is 1.95 bits per heavy atom. The van der Waals surface area contributed by atoms with E-state index in [0.717, 1.165) is 19.5 Å². The van der Waals surface area contributed by atoms with Gasteiger partial charge in [0.1, 0.15) is 5.54 Å². The van der Waals surface area contributed by atoms with E-state index in [-0.39, 0.29) is 5.97 Å². The first-order valence-corrected chi connectivity index (χ1v) is 6.55. The maximum absolute atomic E-state index is 11.5. The maximum atomic E-state index is 11.5. The van der Waals surface area contributed by atoms with Crippen LogP contribution < -0.4 is 5.73 Å². The van der Waals surface area contributed by atoms with Crippen LogP contribution in [0.25, 0.3) is 0 Å². The number of carbonyl (C=O) groups is 1. The summed E-state index contributed by atoms with van der Waals surface area (Å²) in [7, 11) is 3.41. The molecular weight excluding hydrogens is 240 g/mol. The first-order chi connectivity index (χ1) is 8.95. The zero-order valence-electron chi connectivity index (χ0n) is 12.1. The van der Waals surface area contributed by atoms with Crippen LogP contribution in [-0.4, -0.2) is 43.7 Å². The van der Waals surface area contributed by atoms with Crippen molar-refractivity contribution < 1.29 is 9.53 Å². The summed E-state index contributed by atoms with van der Waals surface area (Å²) >= 11 is 0. The summed E-state index contributed by atoms with van der Waals surface area (Å²) < 4.78 is 4.69. The molecule has 0 aromatic heterocycles. The van der Waals surface area contributed by atoms with Gasteiger partial charge >= 0.3 is 5.97 Å². The third-order valence-electron chi connectivity index (χ3n) is 3.29. The standard InChI is InChI=1S/C15H24N2O2/c1-15(16,14(18)19-3)10-12-17(2)11-9-13-7-5-4-6-8-13/h4-8H,9-12,16H2,1-3H3. The van der Waals surface area contributed by atoms with E-state index < -0.39 is 5.54 Å². The number of methoxy groups -OCH3 is 1. The predicted octanol–water partition coefficient (Wildman–Crippen LogP) is 1.44. The molecule has 0 saturated carbocycles. The average Bonchev–Trinajstić information content (AvgIpc) is 2.43. The quantitative estimate of drug-likeness (QED) is 0.757. The van der Waals surface area contributed by atoms with Crippen molar-refractivity contribution >= 4 is 5.97 Å². The predicted molar refractivity (Wildman–Crippen MR) is 76.9 cm³/mol. The number of carbonyl (C=O) groups excluding carboxylic acids is 1. The van der Waals surface area contributed by atoms with Crippen molar-refractivity contribution in [1.29, 1.82) is 0 Å². The smallest absolute Gasteiger partial charge is 0.325 e. The van der Waals surface area contributed by atoms with Crippen LogP contribution in [-0.2, 0) is 16.0 Å². The lowest BCUT2D eigenvalue weighted by Crippen LogP contribution is -2.47. The van der Waals surface area contributed by atoms with Crippen LogP contribution in [0, 0.1) is 0 Å². The zero-order chi connectivity index (χ0) is 14.3. The molecule has 2 N–H and O–H groups in total. The fraction of sp³-hybridized carbons (Fsp3) is 0.533. The molecule has 0 aliphatic heterocycles. The monoisotopic (exact) mass is 264 g/mol. The molecule has 0 amide bonds. The Morgan fingerprint density at radius 3 is 2.53 bits per heavy atom. The first-order valence-electron chi connectivity index (χ1n) is 6.55. The molecular formula is C15H24N2O2. The average molecular weight is 264 g/mol. The highest BCUT2D eigenvalue weighted by molar-refractivity contribution is 5.79. The number of ether oxygens (including phenoxy) is 1. The molecule has 1 atom stereocenters. The Labute approximate surface area is 115 Å². The van der Waals surface area contributed by atoms with E-state index in [0.29, 0.717) is 6.42 Å². The number of esters is 1. The van der Waals surface area contributed by atoms with Gasteiger partial charge in [-0.2, -0.15) is 0 Å². The Morgan fingerprint density at radius 1 is 1.32 bits per heavy atom. The summed E-state index contributed by atoms with van der Waals surface area (Å²) in [6.07, 6.45) is 1.59. The summed E-state index contributed by atoms with van der Waals surface area (Å²) in [5.74, 6) is -0.357. The van der Waals surface area contributed by atoms with Crippen molar-refractivity contribution in [2.75, 3.05) is 27.2 Å². The normalized spacial score (nSPS) is 14.2. The molecule has 1 aromatic carbocycles. The number of hydrogen-bond donors (Lipinski definition) is 1. The van der Waals surface area contributed by atoms with E-state index in [1.54, 1.807) is 6.92 Å². The Balaban J connectivity index is 2.32. The van der Waals surface area contributed by atoms with Crippen LogP contribution in [0.5, 0.6) is 0 Å². The Bertz CT molecular complexity index is 390. The van der Waals surface area contributed by atoms with Crippen LogP contribution in [0.4, 0.5) is 0 Å². The van der Waals surface area contributed by atoms with Gasteiger partial charge in [-0.15, -0.1) is 0 Å². The van der Waals surface area contributed by atoms with Gasteiger partial charge in [0.25, 0.3) is 0 Å². The van der Waals surface area contributed by atoms with Gasteiger partial charge in [0.2, 0.25) is 0 Å². The van der Waals surface area contributed by atoms with Crippen molar-refractivity contribution in [2.45, 2.75) is 25.3 Å². The first kappa shape index (κ1) is 15.7. The molecule has 0 aliphatic rings. The molecule has 0 heterocycles. The van der Waals surface area contributed by atoms with E-state index in [2.05, 4.69) is 17.0 Å². The Hall–Kier alpha value is -1.39. The third kappa shape index (κ3) is 5.41.